The van der Waals surface area contributed by atoms with Gasteiger partial charge in [0, 0.05) is 10.7 Å². The van der Waals surface area contributed by atoms with E-state index in [-0.39, 0.29) is 5.75 Å². The Kier molecular flexibility index (Phi) is 4.12. The summed E-state index contributed by atoms with van der Waals surface area (Å²) in [5.74, 6) is -0.138. The van der Waals surface area contributed by atoms with E-state index in [4.69, 9.17) is 11.6 Å². The summed E-state index contributed by atoms with van der Waals surface area (Å²) in [6.07, 6.45) is 0. The van der Waals surface area contributed by atoms with Gasteiger partial charge in [0.1, 0.15) is 0 Å². The molecule has 0 aliphatic carbocycles. The van der Waals surface area contributed by atoms with Crippen molar-refractivity contribution in [2.24, 2.45) is 0 Å². The van der Waals surface area contributed by atoms with Crippen LogP contribution in [0.1, 0.15) is 11.1 Å². The van der Waals surface area contributed by atoms with Gasteiger partial charge in [-0.1, -0.05) is 41.9 Å². The Morgan fingerprint density at radius 1 is 1.11 bits per heavy atom. The van der Waals surface area contributed by atoms with Crippen molar-refractivity contribution in [1.82, 2.24) is 0 Å². The molecule has 0 saturated carbocycles. The van der Waals surface area contributed by atoms with E-state index < -0.39 is 10.0 Å². The number of sulfonamides is 1. The Balaban J connectivity index is 2.18. The fourth-order valence-electron chi connectivity index (χ4n) is 1.74. The minimum absolute atomic E-state index is 0.138. The van der Waals surface area contributed by atoms with Crippen molar-refractivity contribution < 1.29 is 8.42 Å². The number of hydrogen-bond acceptors (Lipinski definition) is 2. The molecule has 2 rings (SSSR count). The molecule has 0 unspecified atom stereocenters. The van der Waals surface area contributed by atoms with E-state index >= 15 is 0 Å². The zero-order valence-corrected chi connectivity index (χ0v) is 12.0. The summed E-state index contributed by atoms with van der Waals surface area (Å²) in [6, 6.07) is 14.1. The molecule has 5 heteroatoms. The Morgan fingerprint density at radius 2 is 1.84 bits per heavy atom. The number of aryl methyl sites for hydroxylation is 1. The average molecular weight is 296 g/mol. The Morgan fingerprint density at radius 3 is 2.53 bits per heavy atom. The molecule has 0 atom stereocenters. The molecule has 19 heavy (non-hydrogen) atoms. The summed E-state index contributed by atoms with van der Waals surface area (Å²) in [5.41, 5.74) is 2.15. The maximum Gasteiger partial charge on any atom is 0.236 e. The maximum atomic E-state index is 12.1. The third-order valence-electron chi connectivity index (χ3n) is 2.59. The third-order valence-corrected chi connectivity index (χ3v) is 4.20. The van der Waals surface area contributed by atoms with Crippen LogP contribution in [-0.2, 0) is 15.8 Å². The first-order valence-electron chi connectivity index (χ1n) is 5.77. The Labute approximate surface area is 118 Å². The van der Waals surface area contributed by atoms with Crippen LogP contribution < -0.4 is 4.72 Å². The quantitative estimate of drug-likeness (QED) is 0.937. The Hall–Kier alpha value is -1.52. The van der Waals surface area contributed by atoms with Crippen LogP contribution in [0.15, 0.2) is 48.5 Å². The van der Waals surface area contributed by atoms with Gasteiger partial charge in [0.2, 0.25) is 10.0 Å². The van der Waals surface area contributed by atoms with Gasteiger partial charge in [-0.2, -0.15) is 0 Å². The van der Waals surface area contributed by atoms with Crippen LogP contribution in [0.3, 0.4) is 0 Å². The molecule has 0 radical (unpaired) electrons. The van der Waals surface area contributed by atoms with Gasteiger partial charge in [0.05, 0.1) is 5.75 Å². The first-order chi connectivity index (χ1) is 8.96. The molecule has 0 aromatic heterocycles. The Bertz CT molecular complexity index is 683. The van der Waals surface area contributed by atoms with Crippen molar-refractivity contribution in [2.45, 2.75) is 12.7 Å². The summed E-state index contributed by atoms with van der Waals surface area (Å²) >= 11 is 5.97. The summed E-state index contributed by atoms with van der Waals surface area (Å²) in [5, 5.41) is 0.456. The van der Waals surface area contributed by atoms with Crippen molar-refractivity contribution in [3.8, 4) is 0 Å². The van der Waals surface area contributed by atoms with Crippen molar-refractivity contribution in [3.05, 3.63) is 64.7 Å². The van der Waals surface area contributed by atoms with Crippen LogP contribution in [0.4, 0.5) is 5.69 Å². The molecular formula is C14H14ClNO2S. The summed E-state index contributed by atoms with van der Waals surface area (Å²) in [6.45, 7) is 1.91. The fraction of sp³-hybridized carbons (Fsp3) is 0.143. The molecule has 0 amide bonds. The normalized spacial score (nSPS) is 11.3. The van der Waals surface area contributed by atoms with Crippen LogP contribution in [-0.4, -0.2) is 8.42 Å². The van der Waals surface area contributed by atoms with Gasteiger partial charge in [-0.3, -0.25) is 4.72 Å². The van der Waals surface area contributed by atoms with E-state index in [1.54, 1.807) is 36.4 Å². The number of benzene rings is 2. The molecule has 100 valence electrons. The minimum atomic E-state index is -3.46. The van der Waals surface area contributed by atoms with Gasteiger partial charge >= 0.3 is 0 Å². The van der Waals surface area contributed by atoms with E-state index in [1.807, 2.05) is 19.1 Å². The molecule has 0 bridgehead atoms. The van der Waals surface area contributed by atoms with E-state index in [0.29, 0.717) is 16.3 Å². The highest BCUT2D eigenvalue weighted by Crippen LogP contribution is 2.19. The minimum Gasteiger partial charge on any atom is -0.283 e. The highest BCUT2D eigenvalue weighted by Gasteiger charge is 2.13. The number of rotatable bonds is 4. The fourth-order valence-corrected chi connectivity index (χ4v) is 3.25. The highest BCUT2D eigenvalue weighted by molar-refractivity contribution is 7.91. The van der Waals surface area contributed by atoms with Crippen LogP contribution in [0.2, 0.25) is 5.02 Å². The SMILES string of the molecule is Cc1cccc(NS(=O)(=O)Cc2ccccc2Cl)c1. The van der Waals surface area contributed by atoms with Gasteiger partial charge in [-0.05, 0) is 36.2 Å². The standard InChI is InChI=1S/C14H14ClNO2S/c1-11-5-4-7-13(9-11)16-19(17,18)10-12-6-2-3-8-14(12)15/h2-9,16H,10H2,1H3. The summed E-state index contributed by atoms with van der Waals surface area (Å²) in [4.78, 5) is 0. The molecule has 0 spiro atoms. The maximum absolute atomic E-state index is 12.1. The smallest absolute Gasteiger partial charge is 0.236 e. The van der Waals surface area contributed by atoms with E-state index in [2.05, 4.69) is 4.72 Å². The van der Waals surface area contributed by atoms with Gasteiger partial charge in [-0.15, -0.1) is 0 Å². The van der Waals surface area contributed by atoms with Crippen molar-refractivity contribution >= 4 is 27.3 Å². The van der Waals surface area contributed by atoms with Gasteiger partial charge in [0.25, 0.3) is 0 Å². The second kappa shape index (κ2) is 5.63. The predicted octanol–water partition coefficient (Wildman–Crippen LogP) is 3.59. The van der Waals surface area contributed by atoms with Crippen molar-refractivity contribution in [1.29, 1.82) is 0 Å². The van der Waals surface area contributed by atoms with Crippen LogP contribution in [0.25, 0.3) is 0 Å². The van der Waals surface area contributed by atoms with E-state index in [1.165, 1.54) is 0 Å². The van der Waals surface area contributed by atoms with Crippen molar-refractivity contribution in [2.75, 3.05) is 4.72 Å². The number of nitrogens with one attached hydrogen (secondary N) is 1. The number of halogens is 1. The van der Waals surface area contributed by atoms with E-state index in [0.717, 1.165) is 5.56 Å². The van der Waals surface area contributed by atoms with Gasteiger partial charge < -0.3 is 0 Å². The molecule has 0 saturated heterocycles. The molecule has 0 aliphatic rings. The number of hydrogen-bond donors (Lipinski definition) is 1. The second-order valence-electron chi connectivity index (χ2n) is 4.32. The monoisotopic (exact) mass is 295 g/mol. The molecular weight excluding hydrogens is 282 g/mol. The van der Waals surface area contributed by atoms with Crippen LogP contribution >= 0.6 is 11.6 Å². The molecule has 2 aromatic carbocycles. The number of anilines is 1. The predicted molar refractivity (Wildman–Crippen MR) is 78.9 cm³/mol. The largest absolute Gasteiger partial charge is 0.283 e. The average Bonchev–Trinajstić information content (AvgIpc) is 2.31. The topological polar surface area (TPSA) is 46.2 Å². The molecule has 3 nitrogen and oxygen atoms in total. The van der Waals surface area contributed by atoms with Gasteiger partial charge in [-0.25, -0.2) is 8.42 Å². The highest BCUT2D eigenvalue weighted by atomic mass is 35.5. The van der Waals surface area contributed by atoms with Gasteiger partial charge in [0.15, 0.2) is 0 Å². The second-order valence-corrected chi connectivity index (χ2v) is 6.45. The third kappa shape index (κ3) is 3.98. The summed E-state index contributed by atoms with van der Waals surface area (Å²) in [7, 11) is -3.46. The van der Waals surface area contributed by atoms with Crippen LogP contribution in [0.5, 0.6) is 0 Å². The molecule has 0 fully saturated rings. The molecule has 0 heterocycles. The van der Waals surface area contributed by atoms with Crippen molar-refractivity contribution in [3.63, 3.8) is 0 Å². The van der Waals surface area contributed by atoms with Crippen LogP contribution in [0, 0.1) is 6.92 Å². The lowest BCUT2D eigenvalue weighted by atomic mass is 10.2. The zero-order chi connectivity index (χ0) is 13.9. The molecule has 0 aliphatic heterocycles. The summed E-state index contributed by atoms with van der Waals surface area (Å²) < 4.78 is 26.7. The lowest BCUT2D eigenvalue weighted by molar-refractivity contribution is 0.600. The molecule has 2 aromatic rings. The first kappa shape index (κ1) is 13.9. The van der Waals surface area contributed by atoms with E-state index in [9.17, 15) is 8.42 Å². The first-order valence-corrected chi connectivity index (χ1v) is 7.80. The lowest BCUT2D eigenvalue weighted by Crippen LogP contribution is -2.15. The molecule has 1 N–H and O–H groups in total. The lowest BCUT2D eigenvalue weighted by Gasteiger charge is -2.09. The zero-order valence-electron chi connectivity index (χ0n) is 10.4.